The zero-order chi connectivity index (χ0) is 19.1. The number of carbonyl (C=O) groups excluding carboxylic acids is 2. The third-order valence-electron chi connectivity index (χ3n) is 4.03. The fourth-order valence-corrected chi connectivity index (χ4v) is 2.62. The van der Waals surface area contributed by atoms with Crippen molar-refractivity contribution in [3.05, 3.63) is 35.6 Å². The van der Waals surface area contributed by atoms with Crippen molar-refractivity contribution in [3.8, 4) is 0 Å². The number of aliphatic hydroxyl groups excluding tert-OH is 2. The van der Waals surface area contributed by atoms with Crippen LogP contribution in [-0.2, 0) is 25.6 Å². The molecule has 1 aromatic carbocycles. The highest BCUT2D eigenvalue weighted by Gasteiger charge is 2.43. The molecule has 0 bridgehead atoms. The zero-order valence-corrected chi connectivity index (χ0v) is 14.4. The van der Waals surface area contributed by atoms with Crippen molar-refractivity contribution in [2.45, 2.75) is 37.4 Å². The van der Waals surface area contributed by atoms with Gasteiger partial charge in [0.15, 0.2) is 0 Å². The first-order valence-electron chi connectivity index (χ1n) is 8.19. The SMILES string of the molecule is COCC(=O)NC[C@H]1O[C@@H](CC(=O)NCc2ccc(F)cc2)C(O)[C@@H]1O. The predicted molar refractivity (Wildman–Crippen MR) is 88.4 cm³/mol. The van der Waals surface area contributed by atoms with Crippen LogP contribution in [0.3, 0.4) is 0 Å². The molecule has 1 unspecified atom stereocenters. The van der Waals surface area contributed by atoms with Crippen LogP contribution in [0.15, 0.2) is 24.3 Å². The number of nitrogens with one attached hydrogen (secondary N) is 2. The molecule has 1 aliphatic heterocycles. The first-order chi connectivity index (χ1) is 12.4. The third kappa shape index (κ3) is 5.73. The Morgan fingerprint density at radius 3 is 2.42 bits per heavy atom. The molecule has 1 saturated heterocycles. The van der Waals surface area contributed by atoms with Crippen LogP contribution in [0.2, 0.25) is 0 Å². The van der Waals surface area contributed by atoms with E-state index in [0.29, 0.717) is 0 Å². The summed E-state index contributed by atoms with van der Waals surface area (Å²) in [4.78, 5) is 23.4. The maximum absolute atomic E-state index is 12.8. The van der Waals surface area contributed by atoms with E-state index in [2.05, 4.69) is 15.4 Å². The lowest BCUT2D eigenvalue weighted by atomic mass is 10.1. The van der Waals surface area contributed by atoms with Gasteiger partial charge in [0.1, 0.15) is 30.7 Å². The van der Waals surface area contributed by atoms with Gasteiger partial charge < -0.3 is 30.3 Å². The van der Waals surface area contributed by atoms with Crippen LogP contribution in [0, 0.1) is 5.82 Å². The molecule has 1 aromatic rings. The van der Waals surface area contributed by atoms with Gasteiger partial charge in [-0.05, 0) is 17.7 Å². The standard InChI is InChI=1S/C17H23FN2O6/c1-25-9-15(22)20-8-13-17(24)16(23)12(26-13)6-14(21)19-7-10-2-4-11(18)5-3-10/h2-5,12-13,16-17,23-24H,6-9H2,1H3,(H,19,21)(H,20,22)/t12-,13+,16?,17+/m0/s1. The summed E-state index contributed by atoms with van der Waals surface area (Å²) in [6, 6.07) is 5.70. The molecule has 0 radical (unpaired) electrons. The molecule has 4 N–H and O–H groups in total. The fourth-order valence-electron chi connectivity index (χ4n) is 2.62. The number of ether oxygens (including phenoxy) is 2. The summed E-state index contributed by atoms with van der Waals surface area (Å²) in [5.41, 5.74) is 0.728. The molecule has 1 heterocycles. The largest absolute Gasteiger partial charge is 0.388 e. The molecule has 0 aliphatic carbocycles. The number of hydrogen-bond acceptors (Lipinski definition) is 6. The highest BCUT2D eigenvalue weighted by atomic mass is 19.1. The lowest BCUT2D eigenvalue weighted by Crippen LogP contribution is -2.41. The van der Waals surface area contributed by atoms with Crippen molar-refractivity contribution in [2.75, 3.05) is 20.3 Å². The fraction of sp³-hybridized carbons (Fsp3) is 0.529. The second-order valence-corrected chi connectivity index (χ2v) is 6.04. The van der Waals surface area contributed by atoms with Crippen molar-refractivity contribution >= 4 is 11.8 Å². The van der Waals surface area contributed by atoms with Gasteiger partial charge in [-0.15, -0.1) is 0 Å². The Bertz CT molecular complexity index is 612. The van der Waals surface area contributed by atoms with Gasteiger partial charge in [-0.2, -0.15) is 0 Å². The van der Waals surface area contributed by atoms with Crippen LogP contribution in [0.5, 0.6) is 0 Å². The minimum atomic E-state index is -1.24. The van der Waals surface area contributed by atoms with E-state index in [1.807, 2.05) is 0 Å². The number of amides is 2. The van der Waals surface area contributed by atoms with Crippen LogP contribution in [0.25, 0.3) is 0 Å². The minimum absolute atomic E-state index is 0.00583. The van der Waals surface area contributed by atoms with Gasteiger partial charge in [-0.25, -0.2) is 4.39 Å². The summed E-state index contributed by atoms with van der Waals surface area (Å²) in [6.07, 6.45) is -4.31. The van der Waals surface area contributed by atoms with Crippen molar-refractivity contribution in [2.24, 2.45) is 0 Å². The maximum Gasteiger partial charge on any atom is 0.246 e. The van der Waals surface area contributed by atoms with Crippen LogP contribution >= 0.6 is 0 Å². The summed E-state index contributed by atoms with van der Waals surface area (Å²) < 4.78 is 23.0. The number of carbonyl (C=O) groups is 2. The number of halogens is 1. The molecule has 4 atom stereocenters. The molecule has 2 amide bonds. The van der Waals surface area contributed by atoms with Crippen molar-refractivity contribution in [3.63, 3.8) is 0 Å². The van der Waals surface area contributed by atoms with Gasteiger partial charge in [0.05, 0.1) is 12.5 Å². The molecule has 144 valence electrons. The second kappa shape index (κ2) is 9.58. The van der Waals surface area contributed by atoms with E-state index in [1.54, 1.807) is 12.1 Å². The summed E-state index contributed by atoms with van der Waals surface area (Å²) >= 11 is 0. The smallest absolute Gasteiger partial charge is 0.246 e. The Morgan fingerprint density at radius 2 is 1.77 bits per heavy atom. The number of rotatable bonds is 8. The summed E-state index contributed by atoms with van der Waals surface area (Å²) in [5, 5.41) is 25.2. The first-order valence-corrected chi connectivity index (χ1v) is 8.19. The highest BCUT2D eigenvalue weighted by molar-refractivity contribution is 5.77. The number of aliphatic hydroxyl groups is 2. The van der Waals surface area contributed by atoms with E-state index in [0.717, 1.165) is 5.56 Å². The molecule has 26 heavy (non-hydrogen) atoms. The molecule has 8 nitrogen and oxygen atoms in total. The normalized spacial score (nSPS) is 25.1. The lowest BCUT2D eigenvalue weighted by Gasteiger charge is -2.15. The van der Waals surface area contributed by atoms with E-state index in [9.17, 15) is 24.2 Å². The van der Waals surface area contributed by atoms with Crippen LogP contribution in [0.4, 0.5) is 4.39 Å². The van der Waals surface area contributed by atoms with Gasteiger partial charge in [0, 0.05) is 20.2 Å². The van der Waals surface area contributed by atoms with Gasteiger partial charge in [0.2, 0.25) is 11.8 Å². The lowest BCUT2D eigenvalue weighted by molar-refractivity contribution is -0.127. The number of hydrogen-bond donors (Lipinski definition) is 4. The molecule has 9 heteroatoms. The minimum Gasteiger partial charge on any atom is -0.388 e. The topological polar surface area (TPSA) is 117 Å². The third-order valence-corrected chi connectivity index (χ3v) is 4.03. The molecule has 0 spiro atoms. The van der Waals surface area contributed by atoms with Gasteiger partial charge in [-0.3, -0.25) is 9.59 Å². The Balaban J connectivity index is 1.78. The molecule has 1 aliphatic rings. The van der Waals surface area contributed by atoms with E-state index in [1.165, 1.54) is 19.2 Å². The van der Waals surface area contributed by atoms with E-state index in [-0.39, 0.29) is 43.7 Å². The van der Waals surface area contributed by atoms with E-state index >= 15 is 0 Å². The van der Waals surface area contributed by atoms with Crippen molar-refractivity contribution in [1.82, 2.24) is 10.6 Å². The number of methoxy groups -OCH3 is 1. The monoisotopic (exact) mass is 370 g/mol. The van der Waals surface area contributed by atoms with Gasteiger partial charge in [-0.1, -0.05) is 12.1 Å². The molecule has 0 aromatic heterocycles. The predicted octanol–water partition coefficient (Wildman–Crippen LogP) is -0.916. The molecule has 0 saturated carbocycles. The Kier molecular flexibility index (Phi) is 7.46. The molecule has 2 rings (SSSR count). The molecular formula is C17H23FN2O6. The Hall–Kier alpha value is -2.07. The van der Waals surface area contributed by atoms with Crippen molar-refractivity contribution < 1.29 is 33.7 Å². The summed E-state index contributed by atoms with van der Waals surface area (Å²) in [5.74, 6) is -1.12. The molecular weight excluding hydrogens is 347 g/mol. The Labute approximate surface area is 150 Å². The second-order valence-electron chi connectivity index (χ2n) is 6.04. The Morgan fingerprint density at radius 1 is 1.12 bits per heavy atom. The average Bonchev–Trinajstić information content (AvgIpc) is 2.88. The average molecular weight is 370 g/mol. The summed E-state index contributed by atoms with van der Waals surface area (Å²) in [7, 11) is 1.38. The quantitative estimate of drug-likeness (QED) is 0.470. The first kappa shape index (κ1) is 20.2. The van der Waals surface area contributed by atoms with Crippen LogP contribution in [-0.4, -0.2) is 66.7 Å². The van der Waals surface area contributed by atoms with E-state index in [4.69, 9.17) is 4.74 Å². The summed E-state index contributed by atoms with van der Waals surface area (Å²) in [6.45, 7) is 0.0791. The highest BCUT2D eigenvalue weighted by Crippen LogP contribution is 2.23. The maximum atomic E-state index is 12.8. The van der Waals surface area contributed by atoms with Gasteiger partial charge >= 0.3 is 0 Å². The number of benzene rings is 1. The zero-order valence-electron chi connectivity index (χ0n) is 14.4. The van der Waals surface area contributed by atoms with Crippen LogP contribution < -0.4 is 10.6 Å². The van der Waals surface area contributed by atoms with E-state index < -0.39 is 24.4 Å². The van der Waals surface area contributed by atoms with Crippen molar-refractivity contribution in [1.29, 1.82) is 0 Å². The van der Waals surface area contributed by atoms with Gasteiger partial charge in [0.25, 0.3) is 0 Å². The molecule has 1 fully saturated rings. The van der Waals surface area contributed by atoms with Crippen LogP contribution in [0.1, 0.15) is 12.0 Å².